The summed E-state index contributed by atoms with van der Waals surface area (Å²) in [6, 6.07) is 6.11. The zero-order valence-electron chi connectivity index (χ0n) is 12.9. The van der Waals surface area contributed by atoms with Crippen molar-refractivity contribution in [2.75, 3.05) is 6.54 Å². The fourth-order valence-electron chi connectivity index (χ4n) is 2.49. The topological polar surface area (TPSA) is 46.9 Å². The van der Waals surface area contributed by atoms with Gasteiger partial charge in [0.25, 0.3) is 0 Å². The van der Waals surface area contributed by atoms with E-state index in [0.29, 0.717) is 13.0 Å². The number of nitrogens with one attached hydrogen (secondary N) is 1. The first-order valence-electron chi connectivity index (χ1n) is 7.54. The second kappa shape index (κ2) is 7.57. The minimum Gasteiger partial charge on any atom is -0.356 e. The van der Waals surface area contributed by atoms with Gasteiger partial charge in [0.15, 0.2) is 0 Å². The Morgan fingerprint density at radius 1 is 1.35 bits per heavy atom. The number of aryl methyl sites for hydroxylation is 1. The molecule has 120 valence electrons. The molecule has 3 heterocycles. The Labute approximate surface area is 143 Å². The van der Waals surface area contributed by atoms with Gasteiger partial charge in [0.1, 0.15) is 0 Å². The van der Waals surface area contributed by atoms with Crippen molar-refractivity contribution in [3.05, 3.63) is 63.0 Å². The van der Waals surface area contributed by atoms with Crippen molar-refractivity contribution in [3.8, 4) is 0 Å². The van der Waals surface area contributed by atoms with Crippen molar-refractivity contribution in [2.45, 2.75) is 25.8 Å². The molecule has 0 aromatic carbocycles. The summed E-state index contributed by atoms with van der Waals surface area (Å²) in [6.07, 6.45) is 5.25. The number of carbonyl (C=O) groups is 1. The first-order valence-corrected chi connectivity index (χ1v) is 9.37. The standard InChI is InChI=1S/C17H19N3OS2/c1-13-11-23-17(19-13)4-6-18-16(21)10-15(14-5-9-22-12-14)20-7-2-3-8-20/h2-3,5,7-9,11-12,15H,4,6,10H2,1H3,(H,18,21)/t15-/m1/s1. The summed E-state index contributed by atoms with van der Waals surface area (Å²) >= 11 is 3.30. The monoisotopic (exact) mass is 345 g/mol. The van der Waals surface area contributed by atoms with E-state index in [-0.39, 0.29) is 11.9 Å². The Hall–Kier alpha value is -1.92. The molecular weight excluding hydrogens is 326 g/mol. The predicted molar refractivity (Wildman–Crippen MR) is 95.1 cm³/mol. The lowest BCUT2D eigenvalue weighted by Crippen LogP contribution is -2.28. The Morgan fingerprint density at radius 2 is 2.17 bits per heavy atom. The molecule has 3 aromatic heterocycles. The summed E-state index contributed by atoms with van der Waals surface area (Å²) < 4.78 is 2.09. The van der Waals surface area contributed by atoms with Crippen LogP contribution in [0.2, 0.25) is 0 Å². The van der Waals surface area contributed by atoms with Crippen molar-refractivity contribution in [1.82, 2.24) is 14.9 Å². The van der Waals surface area contributed by atoms with Gasteiger partial charge in [-0.15, -0.1) is 11.3 Å². The van der Waals surface area contributed by atoms with Gasteiger partial charge in [-0.2, -0.15) is 11.3 Å². The molecule has 1 amide bonds. The molecule has 0 unspecified atom stereocenters. The highest BCUT2D eigenvalue weighted by molar-refractivity contribution is 7.09. The fourth-order valence-corrected chi connectivity index (χ4v) is 3.97. The molecule has 6 heteroatoms. The molecule has 4 nitrogen and oxygen atoms in total. The van der Waals surface area contributed by atoms with Crippen LogP contribution in [0.3, 0.4) is 0 Å². The molecule has 23 heavy (non-hydrogen) atoms. The van der Waals surface area contributed by atoms with E-state index < -0.39 is 0 Å². The third-order valence-corrected chi connectivity index (χ3v) is 5.35. The van der Waals surface area contributed by atoms with Crippen LogP contribution in [-0.4, -0.2) is 22.0 Å². The van der Waals surface area contributed by atoms with Crippen molar-refractivity contribution < 1.29 is 4.79 Å². The van der Waals surface area contributed by atoms with Crippen LogP contribution < -0.4 is 5.32 Å². The van der Waals surface area contributed by atoms with Crippen LogP contribution in [0.25, 0.3) is 0 Å². The van der Waals surface area contributed by atoms with Crippen molar-refractivity contribution >= 4 is 28.6 Å². The number of rotatable bonds is 7. The molecule has 0 bridgehead atoms. The molecule has 0 radical (unpaired) electrons. The molecule has 0 aliphatic carbocycles. The lowest BCUT2D eigenvalue weighted by molar-refractivity contribution is -0.121. The highest BCUT2D eigenvalue weighted by Crippen LogP contribution is 2.24. The van der Waals surface area contributed by atoms with E-state index >= 15 is 0 Å². The van der Waals surface area contributed by atoms with E-state index in [9.17, 15) is 4.79 Å². The van der Waals surface area contributed by atoms with Gasteiger partial charge in [0.2, 0.25) is 5.91 Å². The Kier molecular flexibility index (Phi) is 5.25. The molecule has 0 saturated heterocycles. The van der Waals surface area contributed by atoms with Crippen LogP contribution in [-0.2, 0) is 11.2 Å². The molecule has 3 aromatic rings. The summed E-state index contributed by atoms with van der Waals surface area (Å²) in [5.41, 5.74) is 2.22. The first-order chi connectivity index (χ1) is 11.2. The lowest BCUT2D eigenvalue weighted by atomic mass is 10.1. The average molecular weight is 345 g/mol. The van der Waals surface area contributed by atoms with E-state index in [1.807, 2.05) is 36.8 Å². The number of carbonyl (C=O) groups excluding carboxylic acids is 1. The van der Waals surface area contributed by atoms with Gasteiger partial charge in [-0.25, -0.2) is 4.98 Å². The third kappa shape index (κ3) is 4.30. The van der Waals surface area contributed by atoms with E-state index in [0.717, 1.165) is 17.1 Å². The van der Waals surface area contributed by atoms with Gasteiger partial charge in [-0.1, -0.05) is 0 Å². The van der Waals surface area contributed by atoms with Crippen molar-refractivity contribution in [2.24, 2.45) is 0 Å². The smallest absolute Gasteiger partial charge is 0.222 e. The van der Waals surface area contributed by atoms with Gasteiger partial charge < -0.3 is 9.88 Å². The minimum atomic E-state index is 0.0540. The van der Waals surface area contributed by atoms with Gasteiger partial charge in [0.05, 0.1) is 17.5 Å². The lowest BCUT2D eigenvalue weighted by Gasteiger charge is -2.17. The van der Waals surface area contributed by atoms with Crippen LogP contribution in [0.5, 0.6) is 0 Å². The van der Waals surface area contributed by atoms with Crippen molar-refractivity contribution in [1.29, 1.82) is 0 Å². The van der Waals surface area contributed by atoms with Crippen LogP contribution in [0, 0.1) is 6.92 Å². The summed E-state index contributed by atoms with van der Waals surface area (Å²) in [4.78, 5) is 16.7. The number of nitrogens with zero attached hydrogens (tertiary/aromatic N) is 2. The van der Waals surface area contributed by atoms with Crippen molar-refractivity contribution in [3.63, 3.8) is 0 Å². The van der Waals surface area contributed by atoms with Crippen LogP contribution in [0.15, 0.2) is 46.7 Å². The van der Waals surface area contributed by atoms with Crippen LogP contribution >= 0.6 is 22.7 Å². The Bertz CT molecular complexity index is 698. The van der Waals surface area contributed by atoms with Crippen LogP contribution in [0.1, 0.15) is 28.7 Å². The normalized spacial score (nSPS) is 12.2. The number of hydrogen-bond acceptors (Lipinski definition) is 4. The summed E-state index contributed by atoms with van der Waals surface area (Å²) in [5.74, 6) is 0.0724. The number of thiazole rings is 1. The molecule has 0 spiro atoms. The zero-order valence-corrected chi connectivity index (χ0v) is 14.6. The maximum absolute atomic E-state index is 12.3. The van der Waals surface area contributed by atoms with E-state index in [2.05, 4.69) is 31.7 Å². The van der Waals surface area contributed by atoms with Gasteiger partial charge >= 0.3 is 0 Å². The van der Waals surface area contributed by atoms with Gasteiger partial charge in [-0.3, -0.25) is 4.79 Å². The SMILES string of the molecule is Cc1csc(CCNC(=O)C[C@H](c2ccsc2)n2cccc2)n1. The molecule has 1 N–H and O–H groups in total. The van der Waals surface area contributed by atoms with Gasteiger partial charge in [-0.05, 0) is 41.4 Å². The summed E-state index contributed by atoms with van der Waals surface area (Å²) in [5, 5.41) is 10.3. The largest absolute Gasteiger partial charge is 0.356 e. The number of thiophene rings is 1. The summed E-state index contributed by atoms with van der Waals surface area (Å²) in [6.45, 7) is 2.62. The third-order valence-electron chi connectivity index (χ3n) is 3.62. The number of hydrogen-bond donors (Lipinski definition) is 1. The van der Waals surface area contributed by atoms with Gasteiger partial charge in [0, 0.05) is 36.4 Å². The molecule has 0 aliphatic heterocycles. The van der Waals surface area contributed by atoms with E-state index in [1.54, 1.807) is 22.7 Å². The molecule has 0 fully saturated rings. The summed E-state index contributed by atoms with van der Waals surface area (Å²) in [7, 11) is 0. The van der Waals surface area contributed by atoms with E-state index in [1.165, 1.54) is 5.56 Å². The highest BCUT2D eigenvalue weighted by atomic mass is 32.1. The Morgan fingerprint density at radius 3 is 2.83 bits per heavy atom. The van der Waals surface area contributed by atoms with E-state index in [4.69, 9.17) is 0 Å². The molecule has 0 saturated carbocycles. The Balaban J connectivity index is 1.56. The first kappa shape index (κ1) is 16.0. The zero-order chi connectivity index (χ0) is 16.1. The second-order valence-electron chi connectivity index (χ2n) is 5.39. The highest BCUT2D eigenvalue weighted by Gasteiger charge is 2.17. The maximum atomic E-state index is 12.3. The maximum Gasteiger partial charge on any atom is 0.222 e. The van der Waals surface area contributed by atoms with Crippen LogP contribution in [0.4, 0.5) is 0 Å². The minimum absolute atomic E-state index is 0.0540. The molecular formula is C17H19N3OS2. The predicted octanol–water partition coefficient (Wildman–Crippen LogP) is 3.65. The average Bonchev–Trinajstić information content (AvgIpc) is 3.28. The molecule has 3 rings (SSSR count). The quantitative estimate of drug-likeness (QED) is 0.710. The second-order valence-corrected chi connectivity index (χ2v) is 7.11. The molecule has 0 aliphatic rings. The fraction of sp³-hybridized carbons (Fsp3) is 0.294. The number of aromatic nitrogens is 2. The number of amides is 1. The molecule has 1 atom stereocenters.